The second-order valence-corrected chi connectivity index (χ2v) is 7.37. The van der Waals surface area contributed by atoms with E-state index < -0.39 is 0 Å². The van der Waals surface area contributed by atoms with Crippen LogP contribution >= 0.6 is 0 Å². The van der Waals surface area contributed by atoms with Gasteiger partial charge in [-0.1, -0.05) is 32.0 Å². The number of aromatic nitrogens is 1. The summed E-state index contributed by atoms with van der Waals surface area (Å²) >= 11 is 0. The Balaban J connectivity index is 1.86. The van der Waals surface area contributed by atoms with E-state index in [4.69, 9.17) is 15.2 Å². The summed E-state index contributed by atoms with van der Waals surface area (Å²) < 4.78 is 11.1. The molecule has 1 aliphatic rings. The number of hydrogen-bond donors (Lipinski definition) is 2. The number of nitrogens with two attached hydrogens (primary N) is 1. The number of rotatable bonds is 7. The van der Waals surface area contributed by atoms with Gasteiger partial charge < -0.3 is 20.2 Å². The molecule has 4 heteroatoms. The van der Waals surface area contributed by atoms with Crippen molar-refractivity contribution >= 4 is 10.9 Å². The molecule has 0 radical (unpaired) electrons. The van der Waals surface area contributed by atoms with E-state index in [1.807, 2.05) is 6.07 Å². The third-order valence-corrected chi connectivity index (χ3v) is 5.66. The molecule has 142 valence electrons. The van der Waals surface area contributed by atoms with Gasteiger partial charge in [0.2, 0.25) is 6.79 Å². The first-order chi connectivity index (χ1) is 13.2. The lowest BCUT2D eigenvalue weighted by atomic mass is 9.94. The maximum Gasteiger partial charge on any atom is 0.231 e. The fourth-order valence-electron chi connectivity index (χ4n) is 3.93. The van der Waals surface area contributed by atoms with Gasteiger partial charge in [-0.15, -0.1) is 0 Å². The molecule has 2 heterocycles. The van der Waals surface area contributed by atoms with Crippen molar-refractivity contribution in [2.75, 3.05) is 13.3 Å². The number of aryl methyl sites for hydroxylation is 1. The van der Waals surface area contributed by atoms with Crippen molar-refractivity contribution in [3.63, 3.8) is 0 Å². The van der Waals surface area contributed by atoms with Gasteiger partial charge in [0.25, 0.3) is 0 Å². The van der Waals surface area contributed by atoms with E-state index in [1.165, 1.54) is 27.7 Å². The molecule has 1 unspecified atom stereocenters. The molecule has 0 fully saturated rings. The summed E-state index contributed by atoms with van der Waals surface area (Å²) in [6.45, 7) is 5.57. The van der Waals surface area contributed by atoms with Crippen LogP contribution in [0.1, 0.15) is 50.2 Å². The zero-order valence-electron chi connectivity index (χ0n) is 16.2. The molecule has 0 aliphatic carbocycles. The van der Waals surface area contributed by atoms with E-state index in [0.29, 0.717) is 12.7 Å². The molecule has 0 spiro atoms. The average molecular weight is 364 g/mol. The van der Waals surface area contributed by atoms with Crippen LogP contribution in [0.3, 0.4) is 0 Å². The summed E-state index contributed by atoms with van der Waals surface area (Å²) in [5.74, 6) is 2.16. The first-order valence-electron chi connectivity index (χ1n) is 9.96. The lowest BCUT2D eigenvalue weighted by molar-refractivity contribution is 0.174. The molecular weight excluding hydrogens is 336 g/mol. The Morgan fingerprint density at radius 2 is 1.96 bits per heavy atom. The molecule has 0 saturated heterocycles. The largest absolute Gasteiger partial charge is 0.454 e. The molecule has 3 N–H and O–H groups in total. The van der Waals surface area contributed by atoms with Crippen LogP contribution in [-0.2, 0) is 6.42 Å². The van der Waals surface area contributed by atoms with Gasteiger partial charge in [-0.05, 0) is 67.5 Å². The number of H-pyrrole nitrogens is 1. The van der Waals surface area contributed by atoms with Gasteiger partial charge in [0.05, 0.1) is 0 Å². The Hall–Kier alpha value is -2.46. The van der Waals surface area contributed by atoms with Crippen molar-refractivity contribution in [3.8, 4) is 22.8 Å². The van der Waals surface area contributed by atoms with Gasteiger partial charge in [-0.2, -0.15) is 0 Å². The number of aromatic amines is 1. The summed E-state index contributed by atoms with van der Waals surface area (Å²) in [4.78, 5) is 3.75. The number of ether oxygens (including phenoxy) is 2. The molecule has 4 rings (SSSR count). The van der Waals surface area contributed by atoms with E-state index in [1.54, 1.807) is 0 Å². The average Bonchev–Trinajstić information content (AvgIpc) is 3.31. The first-order valence-corrected chi connectivity index (χ1v) is 9.96. The Kier molecular flexibility index (Phi) is 5.08. The normalized spacial score (nSPS) is 14.0. The zero-order valence-corrected chi connectivity index (χ0v) is 16.2. The SMILES string of the molecule is CCC(C)c1cccc2c(CCCCN)c(-c3ccc4c(c3)OCO4)[nH]c12. The third-order valence-electron chi connectivity index (χ3n) is 5.66. The van der Waals surface area contributed by atoms with Crippen molar-refractivity contribution in [1.82, 2.24) is 4.98 Å². The number of hydrogen-bond acceptors (Lipinski definition) is 3. The molecule has 1 aliphatic heterocycles. The molecule has 1 aromatic heterocycles. The van der Waals surface area contributed by atoms with Gasteiger partial charge in [-0.25, -0.2) is 0 Å². The summed E-state index contributed by atoms with van der Waals surface area (Å²) in [7, 11) is 0. The van der Waals surface area contributed by atoms with Gasteiger partial charge in [0.1, 0.15) is 0 Å². The van der Waals surface area contributed by atoms with Crippen LogP contribution < -0.4 is 15.2 Å². The van der Waals surface area contributed by atoms with E-state index in [2.05, 4.69) is 49.2 Å². The van der Waals surface area contributed by atoms with E-state index in [-0.39, 0.29) is 0 Å². The molecular formula is C23H28N2O2. The minimum absolute atomic E-state index is 0.299. The number of fused-ring (bicyclic) bond motifs is 2. The fraction of sp³-hybridized carbons (Fsp3) is 0.391. The van der Waals surface area contributed by atoms with Crippen molar-refractivity contribution in [2.45, 2.75) is 45.4 Å². The Morgan fingerprint density at radius 3 is 2.78 bits per heavy atom. The minimum atomic E-state index is 0.299. The molecule has 4 nitrogen and oxygen atoms in total. The first kappa shape index (κ1) is 17.9. The Labute approximate surface area is 160 Å². The Bertz CT molecular complexity index is 945. The summed E-state index contributed by atoms with van der Waals surface area (Å²) in [5, 5.41) is 1.33. The third kappa shape index (κ3) is 3.30. The second kappa shape index (κ2) is 7.65. The molecule has 0 amide bonds. The molecule has 27 heavy (non-hydrogen) atoms. The highest BCUT2D eigenvalue weighted by Gasteiger charge is 2.20. The zero-order chi connectivity index (χ0) is 18.8. The molecule has 0 bridgehead atoms. The van der Waals surface area contributed by atoms with Gasteiger partial charge in [-0.3, -0.25) is 0 Å². The topological polar surface area (TPSA) is 60.3 Å². The van der Waals surface area contributed by atoms with E-state index >= 15 is 0 Å². The van der Waals surface area contributed by atoms with Crippen molar-refractivity contribution in [3.05, 3.63) is 47.5 Å². The monoisotopic (exact) mass is 364 g/mol. The molecule has 0 saturated carbocycles. The highest BCUT2D eigenvalue weighted by molar-refractivity contribution is 5.93. The van der Waals surface area contributed by atoms with Gasteiger partial charge in [0.15, 0.2) is 11.5 Å². The van der Waals surface area contributed by atoms with E-state index in [0.717, 1.165) is 49.3 Å². The lowest BCUT2D eigenvalue weighted by Crippen LogP contribution is -1.99. The van der Waals surface area contributed by atoms with Crippen LogP contribution in [-0.4, -0.2) is 18.3 Å². The predicted octanol–water partition coefficient (Wildman–Crippen LogP) is 5.36. The van der Waals surface area contributed by atoms with Crippen LogP contribution in [0, 0.1) is 0 Å². The van der Waals surface area contributed by atoms with Crippen molar-refractivity contribution in [1.29, 1.82) is 0 Å². The maximum atomic E-state index is 5.73. The molecule has 3 aromatic rings. The van der Waals surface area contributed by atoms with Gasteiger partial charge >= 0.3 is 0 Å². The number of benzene rings is 2. The quantitative estimate of drug-likeness (QED) is 0.555. The van der Waals surface area contributed by atoms with Crippen LogP contribution in [0.25, 0.3) is 22.2 Å². The highest BCUT2D eigenvalue weighted by Crippen LogP contribution is 2.40. The smallest absolute Gasteiger partial charge is 0.231 e. The van der Waals surface area contributed by atoms with Crippen molar-refractivity contribution < 1.29 is 9.47 Å². The fourth-order valence-corrected chi connectivity index (χ4v) is 3.93. The molecule has 1 atom stereocenters. The van der Waals surface area contributed by atoms with Crippen molar-refractivity contribution in [2.24, 2.45) is 5.73 Å². The minimum Gasteiger partial charge on any atom is -0.454 e. The summed E-state index contributed by atoms with van der Waals surface area (Å²) in [5.41, 5.74) is 12.1. The van der Waals surface area contributed by atoms with Crippen LogP contribution in [0.15, 0.2) is 36.4 Å². The second-order valence-electron chi connectivity index (χ2n) is 7.37. The number of para-hydroxylation sites is 1. The highest BCUT2D eigenvalue weighted by atomic mass is 16.7. The molecule has 2 aromatic carbocycles. The standard InChI is InChI=1S/C23H28N2O2/c1-3-15(2)17-8-6-9-19-18(7-4-5-12-24)22(25-23(17)19)16-10-11-20-21(13-16)27-14-26-20/h6,8-11,13,15,25H,3-5,7,12,14,24H2,1-2H3. The lowest BCUT2D eigenvalue weighted by Gasteiger charge is -2.10. The van der Waals surface area contributed by atoms with Gasteiger partial charge in [0, 0.05) is 22.2 Å². The number of unbranched alkanes of at least 4 members (excludes halogenated alkanes) is 1. The Morgan fingerprint density at radius 1 is 1.11 bits per heavy atom. The van der Waals surface area contributed by atoms with E-state index in [9.17, 15) is 0 Å². The van der Waals surface area contributed by atoms with Crippen LogP contribution in [0.4, 0.5) is 0 Å². The maximum absolute atomic E-state index is 5.73. The predicted molar refractivity (Wildman–Crippen MR) is 111 cm³/mol. The summed E-state index contributed by atoms with van der Waals surface area (Å²) in [6, 6.07) is 12.9. The summed E-state index contributed by atoms with van der Waals surface area (Å²) in [6.07, 6.45) is 4.28. The van der Waals surface area contributed by atoms with Crippen LogP contribution in [0.2, 0.25) is 0 Å². The number of nitrogens with one attached hydrogen (secondary N) is 1. The van der Waals surface area contributed by atoms with Crippen LogP contribution in [0.5, 0.6) is 11.5 Å².